The zero-order chi connectivity index (χ0) is 15.5. The van der Waals surface area contributed by atoms with E-state index in [1.165, 1.54) is 41.6 Å². The van der Waals surface area contributed by atoms with Crippen molar-refractivity contribution in [3.05, 3.63) is 46.8 Å². The molecule has 1 N–H and O–H groups in total. The summed E-state index contributed by atoms with van der Waals surface area (Å²) >= 11 is 0. The van der Waals surface area contributed by atoms with Crippen LogP contribution >= 0.6 is 0 Å². The number of nitrogens with one attached hydrogen (secondary N) is 1. The molecule has 1 heterocycles. The maximum Gasteiger partial charge on any atom is 0.119 e. The highest BCUT2D eigenvalue weighted by atomic mass is 16.5. The third-order valence-corrected chi connectivity index (χ3v) is 4.83. The van der Waals surface area contributed by atoms with Gasteiger partial charge in [0.25, 0.3) is 0 Å². The number of hydrogen-bond acceptors (Lipinski definition) is 3. The van der Waals surface area contributed by atoms with E-state index in [2.05, 4.69) is 35.5 Å². The number of hydrogen-bond donors (Lipinski definition) is 1. The first kappa shape index (κ1) is 15.1. The summed E-state index contributed by atoms with van der Waals surface area (Å²) in [6, 6.07) is 6.53. The third kappa shape index (κ3) is 3.02. The van der Waals surface area contributed by atoms with Crippen molar-refractivity contribution in [3.8, 4) is 5.75 Å². The number of ether oxygens (including phenoxy) is 1. The third-order valence-electron chi connectivity index (χ3n) is 4.83. The van der Waals surface area contributed by atoms with Crippen LogP contribution in [-0.4, -0.2) is 23.4 Å². The molecule has 0 fully saturated rings. The largest absolute Gasteiger partial charge is 0.497 e. The van der Waals surface area contributed by atoms with Gasteiger partial charge >= 0.3 is 0 Å². The van der Waals surface area contributed by atoms with Crippen LogP contribution in [0.15, 0.2) is 24.4 Å². The molecule has 0 spiro atoms. The Labute approximate surface area is 132 Å². The minimum atomic E-state index is 0.603. The van der Waals surface area contributed by atoms with Gasteiger partial charge in [0.1, 0.15) is 5.75 Å². The van der Waals surface area contributed by atoms with Crippen molar-refractivity contribution in [2.45, 2.75) is 38.6 Å². The highest BCUT2D eigenvalue weighted by molar-refractivity contribution is 5.39. The average molecular weight is 299 g/mol. The first-order valence-electron chi connectivity index (χ1n) is 8.04. The van der Waals surface area contributed by atoms with Crippen molar-refractivity contribution in [2.75, 3.05) is 13.7 Å². The van der Waals surface area contributed by atoms with E-state index >= 15 is 0 Å². The summed E-state index contributed by atoms with van der Waals surface area (Å²) in [6.45, 7) is 4.03. The van der Waals surface area contributed by atoms with Crippen LogP contribution in [0, 0.1) is 6.92 Å². The molecule has 1 aliphatic carbocycles. The second-order valence-corrected chi connectivity index (χ2v) is 6.16. The van der Waals surface area contributed by atoms with Crippen LogP contribution in [-0.2, 0) is 20.0 Å². The average Bonchev–Trinajstić information content (AvgIpc) is 2.86. The Hall–Kier alpha value is -1.81. The van der Waals surface area contributed by atoms with E-state index in [1.807, 2.05) is 17.9 Å². The second kappa shape index (κ2) is 6.53. The fourth-order valence-electron chi connectivity index (χ4n) is 3.33. The van der Waals surface area contributed by atoms with Crippen molar-refractivity contribution in [1.29, 1.82) is 0 Å². The molecule has 0 bridgehead atoms. The molecular weight excluding hydrogens is 274 g/mol. The van der Waals surface area contributed by atoms with E-state index in [0.29, 0.717) is 5.92 Å². The van der Waals surface area contributed by atoms with Gasteiger partial charge in [-0.05, 0) is 55.4 Å². The van der Waals surface area contributed by atoms with Crippen LogP contribution in [0.5, 0.6) is 5.75 Å². The van der Waals surface area contributed by atoms with E-state index in [0.717, 1.165) is 18.8 Å². The minimum absolute atomic E-state index is 0.603. The molecule has 1 atom stereocenters. The number of fused-ring (bicyclic) bond motifs is 1. The number of methoxy groups -OCH3 is 1. The summed E-state index contributed by atoms with van der Waals surface area (Å²) in [7, 11) is 3.73. The highest BCUT2D eigenvalue weighted by Crippen LogP contribution is 2.33. The molecule has 0 radical (unpaired) electrons. The molecule has 22 heavy (non-hydrogen) atoms. The van der Waals surface area contributed by atoms with Crippen LogP contribution in [0.2, 0.25) is 0 Å². The zero-order valence-electron chi connectivity index (χ0n) is 13.7. The van der Waals surface area contributed by atoms with Crippen molar-refractivity contribution in [1.82, 2.24) is 15.1 Å². The number of rotatable bonds is 5. The van der Waals surface area contributed by atoms with Gasteiger partial charge in [-0.3, -0.25) is 4.68 Å². The Bertz CT molecular complexity index is 648. The molecule has 0 saturated carbocycles. The lowest BCUT2D eigenvalue weighted by atomic mass is 9.82. The summed E-state index contributed by atoms with van der Waals surface area (Å²) in [5.74, 6) is 1.57. The second-order valence-electron chi connectivity index (χ2n) is 6.16. The first-order chi connectivity index (χ1) is 10.7. The van der Waals surface area contributed by atoms with Crippen molar-refractivity contribution in [3.63, 3.8) is 0 Å². The molecule has 3 rings (SSSR count). The normalized spacial score (nSPS) is 17.3. The van der Waals surface area contributed by atoms with E-state index in [-0.39, 0.29) is 0 Å². The van der Waals surface area contributed by atoms with Crippen molar-refractivity contribution >= 4 is 0 Å². The lowest BCUT2D eigenvalue weighted by Gasteiger charge is -2.26. The Balaban J connectivity index is 1.63. The Morgan fingerprint density at radius 3 is 3.00 bits per heavy atom. The van der Waals surface area contributed by atoms with Crippen LogP contribution < -0.4 is 10.1 Å². The predicted molar refractivity (Wildman–Crippen MR) is 88.3 cm³/mol. The lowest BCUT2D eigenvalue weighted by Crippen LogP contribution is -2.24. The van der Waals surface area contributed by atoms with E-state index in [1.54, 1.807) is 7.11 Å². The summed E-state index contributed by atoms with van der Waals surface area (Å²) in [5.41, 5.74) is 5.46. The maximum atomic E-state index is 5.35. The van der Waals surface area contributed by atoms with E-state index in [9.17, 15) is 0 Å². The Morgan fingerprint density at radius 2 is 2.27 bits per heavy atom. The maximum absolute atomic E-state index is 5.35. The number of nitrogens with zero attached hydrogens (tertiary/aromatic N) is 2. The molecule has 0 unspecified atom stereocenters. The molecule has 0 aliphatic heterocycles. The number of aryl methyl sites for hydroxylation is 2. The van der Waals surface area contributed by atoms with E-state index < -0.39 is 0 Å². The Kier molecular flexibility index (Phi) is 4.48. The van der Waals surface area contributed by atoms with Gasteiger partial charge in [-0.1, -0.05) is 6.07 Å². The molecule has 4 nitrogen and oxygen atoms in total. The monoisotopic (exact) mass is 299 g/mol. The Morgan fingerprint density at radius 1 is 1.41 bits per heavy atom. The van der Waals surface area contributed by atoms with Gasteiger partial charge in [-0.25, -0.2) is 0 Å². The van der Waals surface area contributed by atoms with Gasteiger partial charge in [-0.15, -0.1) is 0 Å². The molecule has 118 valence electrons. The highest BCUT2D eigenvalue weighted by Gasteiger charge is 2.20. The molecule has 4 heteroatoms. The zero-order valence-corrected chi connectivity index (χ0v) is 13.7. The topological polar surface area (TPSA) is 39.1 Å². The molecule has 0 amide bonds. The van der Waals surface area contributed by atoms with Crippen LogP contribution in [0.25, 0.3) is 0 Å². The smallest absolute Gasteiger partial charge is 0.119 e. The molecular formula is C18H25N3O. The fourth-order valence-corrected chi connectivity index (χ4v) is 3.33. The number of benzene rings is 1. The van der Waals surface area contributed by atoms with Crippen LogP contribution in [0.3, 0.4) is 0 Å². The van der Waals surface area contributed by atoms with Gasteiger partial charge in [0.15, 0.2) is 0 Å². The molecule has 2 aromatic rings. The van der Waals surface area contributed by atoms with Crippen molar-refractivity contribution < 1.29 is 4.74 Å². The summed E-state index contributed by atoms with van der Waals surface area (Å²) < 4.78 is 7.27. The molecule has 1 aromatic carbocycles. The molecule has 1 aromatic heterocycles. The van der Waals surface area contributed by atoms with Gasteiger partial charge in [0.05, 0.1) is 13.3 Å². The van der Waals surface area contributed by atoms with Crippen LogP contribution in [0.4, 0.5) is 0 Å². The first-order valence-corrected chi connectivity index (χ1v) is 8.04. The SMILES string of the molecule is COc1ccc2c(c1)CCC[C@@H]2CNCc1cnn(C)c1C. The molecule has 1 aliphatic rings. The summed E-state index contributed by atoms with van der Waals surface area (Å²) in [6.07, 6.45) is 5.66. The predicted octanol–water partition coefficient (Wildman–Crippen LogP) is 2.95. The van der Waals surface area contributed by atoms with Crippen LogP contribution in [0.1, 0.15) is 41.1 Å². The quantitative estimate of drug-likeness (QED) is 0.922. The van der Waals surface area contributed by atoms with Gasteiger partial charge < -0.3 is 10.1 Å². The minimum Gasteiger partial charge on any atom is -0.497 e. The summed E-state index contributed by atoms with van der Waals surface area (Å²) in [4.78, 5) is 0. The van der Waals surface area contributed by atoms with Gasteiger partial charge in [-0.2, -0.15) is 5.10 Å². The fraction of sp³-hybridized carbons (Fsp3) is 0.500. The van der Waals surface area contributed by atoms with Gasteiger partial charge in [0, 0.05) is 31.4 Å². The summed E-state index contributed by atoms with van der Waals surface area (Å²) in [5, 5.41) is 7.91. The molecule has 0 saturated heterocycles. The van der Waals surface area contributed by atoms with Gasteiger partial charge in [0.2, 0.25) is 0 Å². The standard InChI is InChI=1S/C18H25N3O/c1-13-16(12-20-21(13)2)11-19-10-15-6-4-5-14-9-17(22-3)7-8-18(14)15/h7-9,12,15,19H,4-6,10-11H2,1-3H3/t15-/m1/s1. The van der Waals surface area contributed by atoms with Crippen molar-refractivity contribution in [2.24, 2.45) is 7.05 Å². The van der Waals surface area contributed by atoms with E-state index in [4.69, 9.17) is 4.74 Å². The lowest BCUT2D eigenvalue weighted by molar-refractivity contribution is 0.412. The number of aromatic nitrogens is 2.